The molecule has 8 nitrogen and oxygen atoms in total. The van der Waals surface area contributed by atoms with E-state index in [1.807, 2.05) is 36.4 Å². The highest BCUT2D eigenvalue weighted by Crippen LogP contribution is 2.70. The van der Waals surface area contributed by atoms with Crippen molar-refractivity contribution in [2.24, 2.45) is 56.7 Å². The first-order valence-corrected chi connectivity index (χ1v) is 42.6. The smallest absolute Gasteiger partial charge is 0.344 e. The lowest BCUT2D eigenvalue weighted by Gasteiger charge is -2.64. The van der Waals surface area contributed by atoms with Gasteiger partial charge in [0.15, 0.2) is 62.2 Å². The first-order valence-electron chi connectivity index (χ1n) is 39.0. The molecule has 546 valence electrons. The average Bonchev–Trinajstić information content (AvgIpc) is 0.711. The van der Waals surface area contributed by atoms with Crippen LogP contribution in [0.15, 0.2) is 299 Å². The fourth-order valence-corrected chi connectivity index (χ4v) is 29.3. The van der Waals surface area contributed by atoms with Gasteiger partial charge in [0.2, 0.25) is 0 Å². The summed E-state index contributed by atoms with van der Waals surface area (Å²) in [6.07, 6.45) is 21.6. The van der Waals surface area contributed by atoms with Crippen LogP contribution in [-0.4, -0.2) is 55.2 Å². The van der Waals surface area contributed by atoms with E-state index in [0.29, 0.717) is 33.2 Å². The van der Waals surface area contributed by atoms with Crippen LogP contribution in [0.25, 0.3) is 0 Å². The second kappa shape index (κ2) is 30.3. The molecule has 6 unspecified atom stereocenters. The quantitative estimate of drug-likeness (QED) is 0.0461. The topological polar surface area (TPSA) is 97.4 Å². The first-order chi connectivity index (χ1) is 51.3. The fourth-order valence-electron chi connectivity index (χ4n) is 23.0. The highest BCUT2D eigenvalue weighted by atomic mass is 32.2. The van der Waals surface area contributed by atoms with Gasteiger partial charge >= 0.3 is 5.97 Å². The van der Waals surface area contributed by atoms with E-state index in [2.05, 4.69) is 246 Å². The van der Waals surface area contributed by atoms with Gasteiger partial charge in [-0.2, -0.15) is 0 Å². The standard InChI is InChI=1S/C32H35O3S.C32H35O2S.C31H33O3S/c1-31-17-24-16-25(18-31)20-32(19-24,23-31)35-22-26(33)21-34-27-12-14-30(15-13-27)36(28-8-4-2-5-9-28)29-10-6-3-7-11-29;1-30-17-24-18-31(2,21-30)23-32(19-24,22-30)29(33)20-34-25-13-15-28(16-14-25)35(26-9-5-3-6-10-26)27-11-7-4-8-12-27;1-30-17-23-16-24(18-30)20-31(19-23,22-30)34-29(32)21-33-25-12-14-28(15-13-25)35(26-8-4-2-5-9-26)27-10-6-3-7-11-27/h2-15,24-25H,16-23H2,1H3;3-16,24H,17-23H2,1-2H3;2-15,23-24H,16-22H2,1H3/q3*+1. The fraction of sp³-hybridized carbons (Fsp3) is 0.400. The Morgan fingerprint density at radius 1 is 0.302 bits per heavy atom. The van der Waals surface area contributed by atoms with E-state index in [9.17, 15) is 14.4 Å². The van der Waals surface area contributed by atoms with Crippen LogP contribution in [0.5, 0.6) is 17.2 Å². The van der Waals surface area contributed by atoms with Gasteiger partial charge in [0.1, 0.15) is 42.7 Å². The van der Waals surface area contributed by atoms with E-state index in [1.54, 1.807) is 0 Å². The van der Waals surface area contributed by atoms with Gasteiger partial charge in [0.25, 0.3) is 0 Å². The number of hydrogen-bond donors (Lipinski definition) is 0. The van der Waals surface area contributed by atoms with Crippen LogP contribution >= 0.6 is 0 Å². The van der Waals surface area contributed by atoms with Crippen molar-refractivity contribution in [1.29, 1.82) is 0 Å². The van der Waals surface area contributed by atoms with Crippen molar-refractivity contribution in [1.82, 2.24) is 0 Å². The number of rotatable bonds is 23. The molecular weight excluding hydrogens is 1370 g/mol. The summed E-state index contributed by atoms with van der Waals surface area (Å²) in [6, 6.07) is 88.5. The number of carbonyl (C=O) groups is 3. The molecule has 9 aromatic carbocycles. The Morgan fingerprint density at radius 2 is 0.604 bits per heavy atom. The molecule has 9 aromatic rings. The highest BCUT2D eigenvalue weighted by molar-refractivity contribution is 7.97. The number of esters is 1. The van der Waals surface area contributed by atoms with E-state index in [4.69, 9.17) is 23.7 Å². The zero-order valence-electron chi connectivity index (χ0n) is 62.2. The van der Waals surface area contributed by atoms with E-state index in [-0.39, 0.29) is 87.5 Å². The second-order valence-corrected chi connectivity index (χ2v) is 40.7. The van der Waals surface area contributed by atoms with Crippen LogP contribution in [0.4, 0.5) is 0 Å². The lowest BCUT2D eigenvalue weighted by molar-refractivity contribution is -0.200. The molecule has 0 spiro atoms. The minimum absolute atomic E-state index is 0.0216. The summed E-state index contributed by atoms with van der Waals surface area (Å²) in [5.74, 6) is 6.09. The molecule has 12 bridgehead atoms. The molecule has 106 heavy (non-hydrogen) atoms. The van der Waals surface area contributed by atoms with Gasteiger partial charge in [-0.25, -0.2) is 4.79 Å². The van der Waals surface area contributed by atoms with Gasteiger partial charge in [-0.1, -0.05) is 137 Å². The second-order valence-electron chi connectivity index (χ2n) is 34.6. The molecular formula is C95H103O8S3+3. The molecule has 12 fully saturated rings. The van der Waals surface area contributed by atoms with E-state index >= 15 is 0 Å². The molecule has 0 N–H and O–H groups in total. The van der Waals surface area contributed by atoms with Crippen LogP contribution in [0.3, 0.4) is 0 Å². The van der Waals surface area contributed by atoms with Gasteiger partial charge in [-0.05, 0) is 312 Å². The van der Waals surface area contributed by atoms with E-state index < -0.39 is 0 Å². The first kappa shape index (κ1) is 72.4. The molecule has 0 aliphatic heterocycles. The number of hydrogen-bond acceptors (Lipinski definition) is 8. The molecule has 0 saturated heterocycles. The molecule has 12 aliphatic rings. The van der Waals surface area contributed by atoms with Crippen LogP contribution in [0.2, 0.25) is 0 Å². The van der Waals surface area contributed by atoms with Gasteiger partial charge in [-0.15, -0.1) is 0 Å². The summed E-state index contributed by atoms with van der Waals surface area (Å²) >= 11 is 0. The monoisotopic (exact) mass is 1470 g/mol. The SMILES string of the molecule is CC12CC3CC(C)(C1)CC(C(=O)COc1ccc([S+](c4ccccc4)c4ccccc4)cc1)(C3)C2.CC12CC3CC(C1)CC(OC(=O)COc1ccc([S+](c4ccccc4)c4ccccc4)cc1)(C3)C2.CC12CC3CC(C1)CC(OCC(=O)COc1ccc([S+](c4ccccc4)c4ccccc4)cc1)(C3)C2. The summed E-state index contributed by atoms with van der Waals surface area (Å²) < 4.78 is 30.4. The summed E-state index contributed by atoms with van der Waals surface area (Å²) in [5.41, 5.74) is 0.992. The summed E-state index contributed by atoms with van der Waals surface area (Å²) in [6.45, 7) is 10.1. The summed E-state index contributed by atoms with van der Waals surface area (Å²) in [4.78, 5) is 50.5. The normalized spacial score (nSPS) is 29.4. The molecule has 0 radical (unpaired) electrons. The van der Waals surface area contributed by atoms with Crippen LogP contribution in [0, 0.1) is 56.7 Å². The third-order valence-corrected chi connectivity index (χ3v) is 31.6. The van der Waals surface area contributed by atoms with Crippen molar-refractivity contribution in [2.45, 2.75) is 199 Å². The Balaban J connectivity index is 0.000000122. The van der Waals surface area contributed by atoms with E-state index in [0.717, 1.165) is 98.9 Å². The molecule has 0 aromatic heterocycles. The van der Waals surface area contributed by atoms with Gasteiger partial charge in [-0.3, -0.25) is 9.59 Å². The van der Waals surface area contributed by atoms with Crippen molar-refractivity contribution in [3.63, 3.8) is 0 Å². The number of ether oxygens (including phenoxy) is 5. The van der Waals surface area contributed by atoms with Crippen molar-refractivity contribution in [2.75, 3.05) is 26.4 Å². The zero-order valence-corrected chi connectivity index (χ0v) is 64.6. The molecule has 12 aliphatic carbocycles. The van der Waals surface area contributed by atoms with Gasteiger partial charge < -0.3 is 23.7 Å². The van der Waals surface area contributed by atoms with Crippen molar-refractivity contribution in [3.05, 3.63) is 255 Å². The molecule has 6 atom stereocenters. The van der Waals surface area contributed by atoms with Crippen LogP contribution in [-0.2, 0) is 56.5 Å². The Labute approximate surface area is 637 Å². The summed E-state index contributed by atoms with van der Waals surface area (Å²) in [5, 5.41) is 0. The zero-order chi connectivity index (χ0) is 72.6. The third-order valence-electron chi connectivity index (χ3n) is 24.9. The van der Waals surface area contributed by atoms with Crippen LogP contribution in [0.1, 0.15) is 143 Å². The average molecular weight is 1470 g/mol. The van der Waals surface area contributed by atoms with Crippen molar-refractivity contribution in [3.8, 4) is 17.2 Å². The number of benzene rings is 9. The lowest BCUT2D eigenvalue weighted by Crippen LogP contribution is -2.58. The minimum Gasteiger partial charge on any atom is -0.486 e. The largest absolute Gasteiger partial charge is 0.486 e. The number of Topliss-reactive ketones (excluding diaryl/α,β-unsaturated/α-hetero) is 2. The third kappa shape index (κ3) is 16.3. The predicted molar refractivity (Wildman–Crippen MR) is 424 cm³/mol. The van der Waals surface area contributed by atoms with Crippen LogP contribution < -0.4 is 14.2 Å². The molecule has 11 heteroatoms. The maximum Gasteiger partial charge on any atom is 0.344 e. The maximum atomic E-state index is 13.6. The van der Waals surface area contributed by atoms with Crippen molar-refractivity contribution < 1.29 is 38.1 Å². The molecule has 12 saturated carbocycles. The Kier molecular flexibility index (Phi) is 20.7. The number of ketones is 2. The lowest BCUT2D eigenvalue weighted by atomic mass is 9.39. The Morgan fingerprint density at radius 3 is 0.943 bits per heavy atom. The van der Waals surface area contributed by atoms with Crippen molar-refractivity contribution >= 4 is 50.2 Å². The number of carbonyl (C=O) groups excluding carboxylic acids is 3. The highest BCUT2D eigenvalue weighted by Gasteiger charge is 2.63. The van der Waals surface area contributed by atoms with Gasteiger partial charge in [0, 0.05) is 5.41 Å². The predicted octanol–water partition coefficient (Wildman–Crippen LogP) is 21.9. The summed E-state index contributed by atoms with van der Waals surface area (Å²) in [7, 11) is -0.561. The Hall–Kier alpha value is -7.80. The molecule has 0 heterocycles. The Bertz CT molecular complexity index is 4320. The molecule has 0 amide bonds. The van der Waals surface area contributed by atoms with Gasteiger partial charge in [0.05, 0.1) is 38.3 Å². The minimum atomic E-state index is -0.247. The molecule has 21 rings (SSSR count). The van der Waals surface area contributed by atoms with E-state index in [1.165, 1.54) is 102 Å². The maximum absolute atomic E-state index is 13.6.